The molecule has 23 heavy (non-hydrogen) atoms. The Hall–Kier alpha value is -2.77. The molecule has 0 aromatic carbocycles. The number of likely N-dealkylation sites (tertiary alicyclic amines) is 1. The molecule has 1 aliphatic rings. The summed E-state index contributed by atoms with van der Waals surface area (Å²) in [7, 11) is 1.88. The highest BCUT2D eigenvalue weighted by Gasteiger charge is 2.33. The Kier molecular flexibility index (Phi) is 3.10. The van der Waals surface area contributed by atoms with Gasteiger partial charge in [0.2, 0.25) is 5.82 Å². The molecule has 0 aliphatic carbocycles. The van der Waals surface area contributed by atoms with Crippen molar-refractivity contribution in [3.05, 3.63) is 41.7 Å². The molecule has 1 fully saturated rings. The smallest absolute Gasteiger partial charge is 0.294 e. The molecule has 1 atom stereocenters. The van der Waals surface area contributed by atoms with Crippen molar-refractivity contribution in [2.45, 2.75) is 25.8 Å². The van der Waals surface area contributed by atoms with E-state index in [0.717, 1.165) is 24.1 Å². The predicted molar refractivity (Wildman–Crippen MR) is 81.7 cm³/mol. The van der Waals surface area contributed by atoms with Crippen LogP contribution < -0.4 is 0 Å². The number of carbonyl (C=O) groups is 1. The molecule has 0 bridgehead atoms. The van der Waals surface area contributed by atoms with Crippen LogP contribution in [-0.2, 0) is 7.05 Å². The molecule has 3 aromatic rings. The van der Waals surface area contributed by atoms with E-state index in [2.05, 4.69) is 20.2 Å². The van der Waals surface area contributed by atoms with Crippen molar-refractivity contribution < 1.29 is 4.79 Å². The molecule has 1 saturated heterocycles. The van der Waals surface area contributed by atoms with Crippen molar-refractivity contribution in [1.82, 2.24) is 34.3 Å². The molecule has 0 saturated carbocycles. The number of hydrogen-bond acceptors (Lipinski definition) is 5. The summed E-state index contributed by atoms with van der Waals surface area (Å²) in [6, 6.07) is 1.88. The molecule has 1 amide bonds. The minimum Gasteiger partial charge on any atom is -0.329 e. The number of carbonyl (C=O) groups excluding carboxylic acids is 1. The lowest BCUT2D eigenvalue weighted by molar-refractivity contribution is 0.0723. The fourth-order valence-corrected chi connectivity index (χ4v) is 3.09. The van der Waals surface area contributed by atoms with Crippen molar-refractivity contribution in [3.8, 4) is 0 Å². The van der Waals surface area contributed by atoms with E-state index in [9.17, 15) is 4.79 Å². The van der Waals surface area contributed by atoms with Gasteiger partial charge in [0.05, 0.1) is 12.2 Å². The van der Waals surface area contributed by atoms with Crippen molar-refractivity contribution in [3.63, 3.8) is 0 Å². The third-order valence-electron chi connectivity index (χ3n) is 4.24. The summed E-state index contributed by atoms with van der Waals surface area (Å²) in [4.78, 5) is 23.1. The van der Waals surface area contributed by atoms with E-state index >= 15 is 0 Å². The molecule has 0 radical (unpaired) electrons. The van der Waals surface area contributed by atoms with Gasteiger partial charge in [-0.05, 0) is 25.8 Å². The lowest BCUT2D eigenvalue weighted by Crippen LogP contribution is -2.31. The third kappa shape index (κ3) is 2.26. The first-order valence-corrected chi connectivity index (χ1v) is 7.61. The van der Waals surface area contributed by atoms with E-state index in [-0.39, 0.29) is 17.8 Å². The van der Waals surface area contributed by atoms with Crippen LogP contribution in [0.25, 0.3) is 5.78 Å². The molecule has 8 heteroatoms. The summed E-state index contributed by atoms with van der Waals surface area (Å²) in [5, 5.41) is 8.53. The molecule has 0 spiro atoms. The molecule has 1 aliphatic heterocycles. The van der Waals surface area contributed by atoms with Gasteiger partial charge in [0.1, 0.15) is 0 Å². The molecule has 0 N–H and O–H groups in total. The van der Waals surface area contributed by atoms with Gasteiger partial charge in [0.15, 0.2) is 0 Å². The van der Waals surface area contributed by atoms with Gasteiger partial charge in [-0.3, -0.25) is 9.48 Å². The Bertz CT molecular complexity index is 881. The Morgan fingerprint density at radius 3 is 3.00 bits per heavy atom. The lowest BCUT2D eigenvalue weighted by Gasteiger charge is -2.22. The molecular formula is C15H17N7O. The van der Waals surface area contributed by atoms with Crippen LogP contribution in [0.15, 0.2) is 24.7 Å². The fraction of sp³-hybridized carbons (Fsp3) is 0.400. The summed E-state index contributed by atoms with van der Waals surface area (Å²) in [5.74, 6) is 0.495. The zero-order valence-electron chi connectivity index (χ0n) is 13.0. The zero-order chi connectivity index (χ0) is 16.0. The van der Waals surface area contributed by atoms with Crippen molar-refractivity contribution in [2.75, 3.05) is 6.54 Å². The highest BCUT2D eigenvalue weighted by atomic mass is 16.2. The van der Waals surface area contributed by atoms with Crippen LogP contribution in [0.3, 0.4) is 0 Å². The minimum atomic E-state index is -0.152. The van der Waals surface area contributed by atoms with Gasteiger partial charge in [0, 0.05) is 37.2 Å². The largest absolute Gasteiger partial charge is 0.329 e. The number of hydrogen-bond donors (Lipinski definition) is 0. The minimum absolute atomic E-state index is 0.0388. The Balaban J connectivity index is 1.68. The van der Waals surface area contributed by atoms with E-state index in [1.165, 1.54) is 0 Å². The van der Waals surface area contributed by atoms with E-state index in [4.69, 9.17) is 0 Å². The van der Waals surface area contributed by atoms with Crippen LogP contribution in [0.1, 0.15) is 40.8 Å². The molecule has 4 rings (SSSR count). The first-order chi connectivity index (χ1) is 11.1. The molecule has 3 aromatic heterocycles. The van der Waals surface area contributed by atoms with Gasteiger partial charge >= 0.3 is 0 Å². The van der Waals surface area contributed by atoms with Gasteiger partial charge < -0.3 is 4.90 Å². The highest BCUT2D eigenvalue weighted by Crippen LogP contribution is 2.32. The number of amides is 1. The maximum absolute atomic E-state index is 12.9. The Labute approximate surface area is 132 Å². The molecule has 8 nitrogen and oxygen atoms in total. The van der Waals surface area contributed by atoms with Crippen molar-refractivity contribution in [2.24, 2.45) is 7.05 Å². The van der Waals surface area contributed by atoms with E-state index in [0.29, 0.717) is 12.3 Å². The lowest BCUT2D eigenvalue weighted by atomic mass is 10.1. The standard InChI is InChI=1S/C15H17N7O/c1-10-5-6-16-15-18-13(19-22(10)15)14(23)21-7-3-4-12(21)11-8-17-20(2)9-11/h5-6,8-9,12H,3-4,7H2,1-2H3. The SMILES string of the molecule is Cc1ccnc2nc(C(=O)N3CCCC3c3cnn(C)c3)nn12. The topological polar surface area (TPSA) is 81.2 Å². The van der Waals surface area contributed by atoms with E-state index in [1.807, 2.05) is 37.3 Å². The van der Waals surface area contributed by atoms with Crippen LogP contribution in [0.4, 0.5) is 0 Å². The summed E-state index contributed by atoms with van der Waals surface area (Å²) in [6.07, 6.45) is 7.35. The van der Waals surface area contributed by atoms with Gasteiger partial charge in [-0.1, -0.05) is 0 Å². The Morgan fingerprint density at radius 1 is 1.39 bits per heavy atom. The van der Waals surface area contributed by atoms with Gasteiger partial charge in [0.25, 0.3) is 11.7 Å². The van der Waals surface area contributed by atoms with Gasteiger partial charge in [-0.2, -0.15) is 10.1 Å². The van der Waals surface area contributed by atoms with E-state index in [1.54, 1.807) is 15.4 Å². The van der Waals surface area contributed by atoms with Gasteiger partial charge in [-0.15, -0.1) is 5.10 Å². The highest BCUT2D eigenvalue weighted by molar-refractivity contribution is 5.91. The molecular weight excluding hydrogens is 294 g/mol. The second-order valence-electron chi connectivity index (χ2n) is 5.84. The number of fused-ring (bicyclic) bond motifs is 1. The van der Waals surface area contributed by atoms with Crippen LogP contribution in [0.2, 0.25) is 0 Å². The molecule has 4 heterocycles. The molecule has 118 valence electrons. The normalized spacial score (nSPS) is 18.0. The average Bonchev–Trinajstić information content (AvgIpc) is 3.24. The third-order valence-corrected chi connectivity index (χ3v) is 4.24. The van der Waals surface area contributed by atoms with Crippen LogP contribution in [-0.4, -0.2) is 46.7 Å². The Morgan fingerprint density at radius 2 is 2.26 bits per heavy atom. The predicted octanol–water partition coefficient (Wildman–Crippen LogP) is 1.14. The summed E-state index contributed by atoms with van der Waals surface area (Å²) in [6.45, 7) is 2.62. The second kappa shape index (κ2) is 5.15. The van der Waals surface area contributed by atoms with Crippen LogP contribution in [0.5, 0.6) is 0 Å². The maximum atomic E-state index is 12.9. The van der Waals surface area contributed by atoms with Crippen molar-refractivity contribution >= 4 is 11.7 Å². The number of aryl methyl sites for hydroxylation is 2. The number of aromatic nitrogens is 6. The average molecular weight is 311 g/mol. The maximum Gasteiger partial charge on any atom is 0.294 e. The first kappa shape index (κ1) is 13.9. The summed E-state index contributed by atoms with van der Waals surface area (Å²) >= 11 is 0. The quantitative estimate of drug-likeness (QED) is 0.709. The van der Waals surface area contributed by atoms with Crippen molar-refractivity contribution in [1.29, 1.82) is 0 Å². The van der Waals surface area contributed by atoms with E-state index < -0.39 is 0 Å². The van der Waals surface area contributed by atoms with Crippen LogP contribution >= 0.6 is 0 Å². The monoisotopic (exact) mass is 311 g/mol. The number of nitrogens with zero attached hydrogens (tertiary/aromatic N) is 7. The second-order valence-corrected chi connectivity index (χ2v) is 5.84. The van der Waals surface area contributed by atoms with Gasteiger partial charge in [-0.25, -0.2) is 9.50 Å². The first-order valence-electron chi connectivity index (χ1n) is 7.61. The summed E-state index contributed by atoms with van der Waals surface area (Å²) in [5.41, 5.74) is 1.95. The zero-order valence-corrected chi connectivity index (χ0v) is 13.0. The molecule has 1 unspecified atom stereocenters. The summed E-state index contributed by atoms with van der Waals surface area (Å²) < 4.78 is 3.36. The van der Waals surface area contributed by atoms with Crippen LogP contribution in [0, 0.1) is 6.92 Å². The fourth-order valence-electron chi connectivity index (χ4n) is 3.09. The number of rotatable bonds is 2.